The second kappa shape index (κ2) is 9.65. The molecule has 1 rings (SSSR count). The van der Waals surface area contributed by atoms with Gasteiger partial charge in [-0.05, 0) is 49.4 Å². The van der Waals surface area contributed by atoms with Crippen LogP contribution in [0.15, 0.2) is 17.0 Å². The van der Waals surface area contributed by atoms with Crippen molar-refractivity contribution >= 4 is 27.9 Å². The van der Waals surface area contributed by atoms with Crippen LogP contribution < -0.4 is 10.5 Å². The molecule has 0 bridgehead atoms. The van der Waals surface area contributed by atoms with E-state index >= 15 is 0 Å². The summed E-state index contributed by atoms with van der Waals surface area (Å²) in [5.41, 5.74) is 0.906. The van der Waals surface area contributed by atoms with Gasteiger partial charge in [-0.1, -0.05) is 13.8 Å². The van der Waals surface area contributed by atoms with Crippen LogP contribution in [-0.4, -0.2) is 46.0 Å². The Kier molecular flexibility index (Phi) is 8.13. The maximum atomic E-state index is 12.2. The number of aryl methyl sites for hydroxylation is 1. The molecule has 10 heteroatoms. The minimum Gasteiger partial charge on any atom is -0.467 e. The number of sulfonamides is 1. The van der Waals surface area contributed by atoms with Crippen LogP contribution in [0.4, 0.5) is 0 Å². The van der Waals surface area contributed by atoms with Gasteiger partial charge in [0, 0.05) is 0 Å². The Balaban J connectivity index is 2.85. The minimum atomic E-state index is -4.02. The van der Waals surface area contributed by atoms with Gasteiger partial charge in [0.1, 0.15) is 6.04 Å². The maximum absolute atomic E-state index is 12.2. The monoisotopic (exact) mass is 414 g/mol. The van der Waals surface area contributed by atoms with Gasteiger partial charge in [-0.25, -0.2) is 23.1 Å². The van der Waals surface area contributed by atoms with Crippen LogP contribution in [0.25, 0.3) is 0 Å². The van der Waals surface area contributed by atoms with E-state index in [1.807, 2.05) is 13.8 Å². The van der Waals surface area contributed by atoms with Gasteiger partial charge in [-0.2, -0.15) is 0 Å². The molecule has 0 aliphatic heterocycles. The third kappa shape index (κ3) is 6.61. The first-order valence-electron chi connectivity index (χ1n) is 8.55. The average Bonchev–Trinajstić information content (AvgIpc) is 2.59. The van der Waals surface area contributed by atoms with Crippen LogP contribution in [0.5, 0.6) is 0 Å². The molecule has 0 aliphatic rings. The second-order valence-corrected chi connectivity index (χ2v) is 8.34. The zero-order valence-electron chi connectivity index (χ0n) is 16.6. The van der Waals surface area contributed by atoms with Crippen molar-refractivity contribution in [2.24, 2.45) is 11.1 Å². The van der Waals surface area contributed by atoms with E-state index in [-0.39, 0.29) is 16.4 Å². The van der Waals surface area contributed by atoms with Gasteiger partial charge in [-0.15, -0.1) is 0 Å². The van der Waals surface area contributed by atoms with Crippen molar-refractivity contribution in [2.75, 3.05) is 13.7 Å². The maximum Gasteiger partial charge on any atom is 0.338 e. The van der Waals surface area contributed by atoms with Gasteiger partial charge in [0.2, 0.25) is 10.0 Å². The highest BCUT2D eigenvalue weighted by molar-refractivity contribution is 7.89. The Labute approximate surface area is 164 Å². The molecular formula is C18H26N2O7S. The number of amides is 1. The summed E-state index contributed by atoms with van der Waals surface area (Å²) in [4.78, 5) is 35.8. The number of nitrogens with one attached hydrogen (secondary N) is 1. The van der Waals surface area contributed by atoms with Gasteiger partial charge in [0.05, 0.1) is 17.6 Å². The quantitative estimate of drug-likeness (QED) is 0.599. The molecule has 1 amide bonds. The van der Waals surface area contributed by atoms with Crippen molar-refractivity contribution in [3.05, 3.63) is 28.8 Å². The summed E-state index contributed by atoms with van der Waals surface area (Å²) < 4.78 is 32.9. The number of ether oxygens (including phenoxy) is 2. The normalized spacial score (nSPS) is 12.4. The Morgan fingerprint density at radius 2 is 1.79 bits per heavy atom. The zero-order chi connectivity index (χ0) is 21.6. The first kappa shape index (κ1) is 23.6. The van der Waals surface area contributed by atoms with Crippen LogP contribution in [0.2, 0.25) is 0 Å². The Hall–Kier alpha value is -2.46. The van der Waals surface area contributed by atoms with Crippen LogP contribution >= 0.6 is 0 Å². The predicted molar refractivity (Wildman–Crippen MR) is 101 cm³/mol. The Morgan fingerprint density at radius 1 is 1.18 bits per heavy atom. The SMILES string of the molecule is COC(=O)C(CC(C)C)NC(=O)COC(=O)c1cc(C)c(C)c(S(N)(=O)=O)c1. The Bertz CT molecular complexity index is 863. The highest BCUT2D eigenvalue weighted by atomic mass is 32.2. The summed E-state index contributed by atoms with van der Waals surface area (Å²) in [7, 11) is -2.81. The van der Waals surface area contributed by atoms with E-state index < -0.39 is 40.5 Å². The van der Waals surface area contributed by atoms with Crippen molar-refractivity contribution in [3.63, 3.8) is 0 Å². The molecule has 9 nitrogen and oxygen atoms in total. The fourth-order valence-corrected chi connectivity index (χ4v) is 3.40. The molecule has 156 valence electrons. The highest BCUT2D eigenvalue weighted by Crippen LogP contribution is 2.20. The lowest BCUT2D eigenvalue weighted by molar-refractivity contribution is -0.145. The molecule has 1 atom stereocenters. The fraction of sp³-hybridized carbons (Fsp3) is 0.500. The molecule has 0 saturated heterocycles. The van der Waals surface area contributed by atoms with Crippen molar-refractivity contribution in [1.82, 2.24) is 5.32 Å². The number of esters is 2. The first-order valence-corrected chi connectivity index (χ1v) is 10.1. The number of benzene rings is 1. The largest absolute Gasteiger partial charge is 0.467 e. The molecule has 0 fully saturated rings. The average molecular weight is 414 g/mol. The van der Waals surface area contributed by atoms with Gasteiger partial charge < -0.3 is 14.8 Å². The number of carbonyl (C=O) groups is 3. The molecule has 3 N–H and O–H groups in total. The number of hydrogen-bond donors (Lipinski definition) is 2. The van der Waals surface area contributed by atoms with Crippen molar-refractivity contribution in [2.45, 2.75) is 45.1 Å². The lowest BCUT2D eigenvalue weighted by atomic mass is 10.0. The molecule has 0 saturated carbocycles. The third-order valence-corrected chi connectivity index (χ3v) is 5.06. The van der Waals surface area contributed by atoms with Crippen molar-refractivity contribution in [1.29, 1.82) is 0 Å². The molecule has 1 aromatic carbocycles. The van der Waals surface area contributed by atoms with Crippen LogP contribution in [0, 0.1) is 19.8 Å². The van der Waals surface area contributed by atoms with Gasteiger partial charge in [0.25, 0.3) is 5.91 Å². The molecule has 0 spiro atoms. The number of rotatable bonds is 8. The van der Waals surface area contributed by atoms with E-state index in [0.717, 1.165) is 6.07 Å². The smallest absolute Gasteiger partial charge is 0.338 e. The van der Waals surface area contributed by atoms with E-state index in [1.54, 1.807) is 13.8 Å². The molecule has 28 heavy (non-hydrogen) atoms. The number of carbonyl (C=O) groups excluding carboxylic acids is 3. The summed E-state index contributed by atoms with van der Waals surface area (Å²) in [6.45, 7) is 6.32. The van der Waals surface area contributed by atoms with E-state index in [0.29, 0.717) is 17.5 Å². The molecule has 1 unspecified atom stereocenters. The number of methoxy groups -OCH3 is 1. The zero-order valence-corrected chi connectivity index (χ0v) is 17.4. The molecule has 1 aromatic rings. The molecule has 0 aromatic heterocycles. The molecule has 0 heterocycles. The van der Waals surface area contributed by atoms with Crippen molar-refractivity contribution < 1.29 is 32.3 Å². The third-order valence-electron chi connectivity index (χ3n) is 4.02. The van der Waals surface area contributed by atoms with E-state index in [4.69, 9.17) is 9.88 Å². The first-order chi connectivity index (χ1) is 12.9. The van der Waals surface area contributed by atoms with E-state index in [1.165, 1.54) is 13.2 Å². The minimum absolute atomic E-state index is 0.0494. The molecule has 0 radical (unpaired) electrons. The van der Waals surface area contributed by atoms with Crippen LogP contribution in [-0.2, 0) is 29.1 Å². The van der Waals surface area contributed by atoms with Crippen LogP contribution in [0.3, 0.4) is 0 Å². The number of primary sulfonamides is 1. The van der Waals surface area contributed by atoms with Gasteiger partial charge >= 0.3 is 11.9 Å². The van der Waals surface area contributed by atoms with Crippen LogP contribution in [0.1, 0.15) is 41.8 Å². The second-order valence-electron chi connectivity index (χ2n) is 6.81. The summed E-state index contributed by atoms with van der Waals surface area (Å²) in [6.07, 6.45) is 0.362. The molecule has 0 aliphatic carbocycles. The van der Waals surface area contributed by atoms with E-state index in [2.05, 4.69) is 10.1 Å². The van der Waals surface area contributed by atoms with Gasteiger partial charge in [0.15, 0.2) is 6.61 Å². The summed E-state index contributed by atoms with van der Waals surface area (Å²) in [6, 6.07) is 1.69. The lowest BCUT2D eigenvalue weighted by Gasteiger charge is -2.18. The summed E-state index contributed by atoms with van der Waals surface area (Å²) in [5, 5.41) is 7.62. The number of nitrogens with two attached hydrogens (primary N) is 1. The fourth-order valence-electron chi connectivity index (χ4n) is 2.52. The molecular weight excluding hydrogens is 388 g/mol. The standard InChI is InChI=1S/C18H26N2O7S/c1-10(2)6-14(18(23)26-5)20-16(21)9-27-17(22)13-7-11(3)12(4)15(8-13)28(19,24)25/h7-8,10,14H,6,9H2,1-5H3,(H,20,21)(H2,19,24,25). The number of hydrogen-bond acceptors (Lipinski definition) is 7. The summed E-state index contributed by atoms with van der Waals surface area (Å²) >= 11 is 0. The lowest BCUT2D eigenvalue weighted by Crippen LogP contribution is -2.44. The van der Waals surface area contributed by atoms with Crippen molar-refractivity contribution in [3.8, 4) is 0 Å². The van der Waals surface area contributed by atoms with Gasteiger partial charge in [-0.3, -0.25) is 4.79 Å². The predicted octanol–water partition coefficient (Wildman–Crippen LogP) is 0.812. The van der Waals surface area contributed by atoms with E-state index in [9.17, 15) is 22.8 Å². The topological polar surface area (TPSA) is 142 Å². The highest BCUT2D eigenvalue weighted by Gasteiger charge is 2.24. The Morgan fingerprint density at radius 3 is 2.29 bits per heavy atom. The summed E-state index contributed by atoms with van der Waals surface area (Å²) in [5.74, 6) is -2.04.